The molecule has 26 heavy (non-hydrogen) atoms. The van der Waals surface area contributed by atoms with Crippen LogP contribution in [0.5, 0.6) is 0 Å². The Morgan fingerprint density at radius 3 is 2.65 bits per heavy atom. The fourth-order valence-electron chi connectivity index (χ4n) is 2.42. The highest BCUT2D eigenvalue weighted by Gasteiger charge is 2.30. The molecule has 136 valence electrons. The number of alkyl halides is 3. The lowest BCUT2D eigenvalue weighted by Crippen LogP contribution is -2.29. The molecule has 3 aromatic rings. The van der Waals surface area contributed by atoms with E-state index in [0.717, 1.165) is 12.1 Å². The zero-order valence-electron chi connectivity index (χ0n) is 14.0. The Kier molecular flexibility index (Phi) is 4.54. The predicted molar refractivity (Wildman–Crippen MR) is 90.4 cm³/mol. The number of benzene rings is 1. The van der Waals surface area contributed by atoms with Gasteiger partial charge in [-0.25, -0.2) is 9.67 Å². The zero-order valence-corrected chi connectivity index (χ0v) is 14.0. The molecule has 2 aromatic heterocycles. The third-order valence-corrected chi connectivity index (χ3v) is 3.69. The first-order valence-corrected chi connectivity index (χ1v) is 7.82. The van der Waals surface area contributed by atoms with Gasteiger partial charge in [0.1, 0.15) is 0 Å². The van der Waals surface area contributed by atoms with Crippen molar-refractivity contribution < 1.29 is 18.0 Å². The second kappa shape index (κ2) is 6.66. The topological polar surface area (TPSA) is 71.8 Å². The monoisotopic (exact) mass is 363 g/mol. The number of carbonyl (C=O) groups is 1. The van der Waals surface area contributed by atoms with Crippen molar-refractivity contribution in [2.45, 2.75) is 26.1 Å². The SMILES string of the molecule is CC(C)n1ncc2cc(C(=O)NNc3cccc(C(F)(F)F)c3)cnc21. The van der Waals surface area contributed by atoms with E-state index in [9.17, 15) is 18.0 Å². The number of fused-ring (bicyclic) bond motifs is 1. The standard InChI is InChI=1S/C17H16F3N5O/c1-10(2)25-15-11(9-22-25)6-12(8-21-15)16(26)24-23-14-5-3-4-13(7-14)17(18,19)20/h3-10,23H,1-2H3,(H,24,26). The molecule has 0 saturated carbocycles. The fourth-order valence-corrected chi connectivity index (χ4v) is 2.42. The van der Waals surface area contributed by atoms with Crippen molar-refractivity contribution in [2.75, 3.05) is 5.43 Å². The average Bonchev–Trinajstić information content (AvgIpc) is 3.02. The van der Waals surface area contributed by atoms with Crippen LogP contribution in [-0.4, -0.2) is 20.7 Å². The van der Waals surface area contributed by atoms with Gasteiger partial charge < -0.3 is 0 Å². The Labute approximate surface area is 147 Å². The van der Waals surface area contributed by atoms with Crippen molar-refractivity contribution in [3.63, 3.8) is 0 Å². The summed E-state index contributed by atoms with van der Waals surface area (Å²) < 4.78 is 39.9. The normalized spacial score (nSPS) is 11.8. The molecule has 3 rings (SSSR count). The number of hydrogen-bond acceptors (Lipinski definition) is 4. The van der Waals surface area contributed by atoms with Crippen LogP contribution in [0.2, 0.25) is 0 Å². The summed E-state index contributed by atoms with van der Waals surface area (Å²) in [5.41, 5.74) is 5.08. The highest BCUT2D eigenvalue weighted by Crippen LogP contribution is 2.30. The molecule has 0 aliphatic carbocycles. The number of aromatic nitrogens is 3. The van der Waals surface area contributed by atoms with E-state index >= 15 is 0 Å². The number of hydrazine groups is 1. The minimum atomic E-state index is -4.45. The number of anilines is 1. The highest BCUT2D eigenvalue weighted by molar-refractivity contribution is 5.97. The van der Waals surface area contributed by atoms with Crippen LogP contribution >= 0.6 is 0 Å². The van der Waals surface area contributed by atoms with Gasteiger partial charge in [0.25, 0.3) is 5.91 Å². The summed E-state index contributed by atoms with van der Waals surface area (Å²) >= 11 is 0. The van der Waals surface area contributed by atoms with E-state index in [-0.39, 0.29) is 17.3 Å². The summed E-state index contributed by atoms with van der Waals surface area (Å²) in [7, 11) is 0. The van der Waals surface area contributed by atoms with Gasteiger partial charge >= 0.3 is 6.18 Å². The average molecular weight is 363 g/mol. The first-order chi connectivity index (χ1) is 12.3. The van der Waals surface area contributed by atoms with E-state index in [2.05, 4.69) is 20.9 Å². The van der Waals surface area contributed by atoms with Crippen LogP contribution < -0.4 is 10.9 Å². The molecule has 0 atom stereocenters. The number of hydrogen-bond donors (Lipinski definition) is 2. The molecule has 0 unspecified atom stereocenters. The Balaban J connectivity index is 1.73. The summed E-state index contributed by atoms with van der Waals surface area (Å²) in [6.45, 7) is 3.93. The maximum atomic E-state index is 12.7. The first kappa shape index (κ1) is 17.7. The second-order valence-electron chi connectivity index (χ2n) is 5.98. The number of halogens is 3. The van der Waals surface area contributed by atoms with Gasteiger partial charge in [0.2, 0.25) is 0 Å². The maximum Gasteiger partial charge on any atom is 0.416 e. The van der Waals surface area contributed by atoms with Crippen LogP contribution in [0.15, 0.2) is 42.7 Å². The molecule has 0 aliphatic heterocycles. The molecule has 0 fully saturated rings. The molecule has 1 amide bonds. The largest absolute Gasteiger partial charge is 0.416 e. The van der Waals surface area contributed by atoms with Gasteiger partial charge in [-0.1, -0.05) is 6.07 Å². The van der Waals surface area contributed by atoms with E-state index in [1.165, 1.54) is 18.3 Å². The second-order valence-corrected chi connectivity index (χ2v) is 5.98. The van der Waals surface area contributed by atoms with Crippen LogP contribution in [0, 0.1) is 0 Å². The van der Waals surface area contributed by atoms with Gasteiger partial charge in [-0.3, -0.25) is 15.6 Å². The van der Waals surface area contributed by atoms with Crippen molar-refractivity contribution in [2.24, 2.45) is 0 Å². The van der Waals surface area contributed by atoms with E-state index < -0.39 is 17.6 Å². The molecule has 2 N–H and O–H groups in total. The lowest BCUT2D eigenvalue weighted by Gasteiger charge is -2.11. The minimum absolute atomic E-state index is 0.120. The smallest absolute Gasteiger partial charge is 0.298 e. The lowest BCUT2D eigenvalue weighted by atomic mass is 10.2. The Bertz CT molecular complexity index is 949. The first-order valence-electron chi connectivity index (χ1n) is 7.82. The van der Waals surface area contributed by atoms with E-state index in [1.54, 1.807) is 16.9 Å². The van der Waals surface area contributed by atoms with Crippen LogP contribution in [0.1, 0.15) is 35.8 Å². The molecule has 6 nitrogen and oxygen atoms in total. The molecule has 0 radical (unpaired) electrons. The summed E-state index contributed by atoms with van der Waals surface area (Å²) in [4.78, 5) is 16.5. The van der Waals surface area contributed by atoms with Crippen molar-refractivity contribution >= 4 is 22.6 Å². The highest BCUT2D eigenvalue weighted by atomic mass is 19.4. The molecule has 0 bridgehead atoms. The maximum absolute atomic E-state index is 12.7. The van der Waals surface area contributed by atoms with E-state index in [1.807, 2.05) is 13.8 Å². The van der Waals surface area contributed by atoms with E-state index in [0.29, 0.717) is 11.0 Å². The number of carbonyl (C=O) groups excluding carboxylic acids is 1. The summed E-state index contributed by atoms with van der Waals surface area (Å²) in [6, 6.07) is 6.29. The molecular formula is C17H16F3N5O. The minimum Gasteiger partial charge on any atom is -0.298 e. The number of nitrogens with one attached hydrogen (secondary N) is 2. The molecule has 9 heteroatoms. The lowest BCUT2D eigenvalue weighted by molar-refractivity contribution is -0.137. The van der Waals surface area contributed by atoms with E-state index in [4.69, 9.17) is 0 Å². The number of amides is 1. The summed E-state index contributed by atoms with van der Waals surface area (Å²) in [5.74, 6) is -0.519. The zero-order chi connectivity index (χ0) is 18.9. The van der Waals surface area contributed by atoms with Crippen molar-refractivity contribution in [1.29, 1.82) is 0 Å². The van der Waals surface area contributed by atoms with Crippen LogP contribution in [-0.2, 0) is 6.18 Å². The summed E-state index contributed by atoms with van der Waals surface area (Å²) in [6.07, 6.45) is -1.45. The van der Waals surface area contributed by atoms with Crippen LogP contribution in [0.25, 0.3) is 11.0 Å². The molecule has 0 aliphatic rings. The van der Waals surface area contributed by atoms with Crippen LogP contribution in [0.3, 0.4) is 0 Å². The predicted octanol–water partition coefficient (Wildman–Crippen LogP) is 3.79. The van der Waals surface area contributed by atoms with Crippen molar-refractivity contribution in [3.8, 4) is 0 Å². The van der Waals surface area contributed by atoms with Gasteiger partial charge in [0.15, 0.2) is 5.65 Å². The Morgan fingerprint density at radius 2 is 1.96 bits per heavy atom. The van der Waals surface area contributed by atoms with Gasteiger partial charge in [0.05, 0.1) is 23.0 Å². The molecule has 1 aromatic carbocycles. The van der Waals surface area contributed by atoms with Crippen molar-refractivity contribution in [1.82, 2.24) is 20.2 Å². The van der Waals surface area contributed by atoms with Crippen LogP contribution in [0.4, 0.5) is 18.9 Å². The van der Waals surface area contributed by atoms with Gasteiger partial charge in [-0.2, -0.15) is 18.3 Å². The molecule has 2 heterocycles. The quantitative estimate of drug-likeness (QED) is 0.692. The number of nitrogens with zero attached hydrogens (tertiary/aromatic N) is 3. The Hall–Kier alpha value is -3.10. The third kappa shape index (κ3) is 3.61. The van der Waals surface area contributed by atoms with Gasteiger partial charge in [-0.05, 0) is 38.1 Å². The van der Waals surface area contributed by atoms with Gasteiger partial charge in [0, 0.05) is 17.6 Å². The number of pyridine rings is 1. The summed E-state index contributed by atoms with van der Waals surface area (Å²) in [5, 5.41) is 4.92. The Morgan fingerprint density at radius 1 is 1.19 bits per heavy atom. The number of rotatable bonds is 4. The fraction of sp³-hybridized carbons (Fsp3) is 0.235. The third-order valence-electron chi connectivity index (χ3n) is 3.69. The molecular weight excluding hydrogens is 347 g/mol. The molecule has 0 spiro atoms. The molecule has 0 saturated heterocycles. The van der Waals surface area contributed by atoms with Gasteiger partial charge in [-0.15, -0.1) is 0 Å². The van der Waals surface area contributed by atoms with Crippen molar-refractivity contribution in [3.05, 3.63) is 53.9 Å².